The first-order valence-electron chi connectivity index (χ1n) is 15.7. The molecule has 0 N–H and O–H groups in total. The third-order valence-corrected chi connectivity index (χ3v) is 8.76. The molecule has 0 saturated heterocycles. The first-order valence-corrected chi connectivity index (χ1v) is 15.7. The van der Waals surface area contributed by atoms with Crippen molar-refractivity contribution < 1.29 is 0 Å². The van der Waals surface area contributed by atoms with E-state index in [0.717, 1.165) is 64.8 Å². The van der Waals surface area contributed by atoms with E-state index in [9.17, 15) is 0 Å². The Morgan fingerprint density at radius 2 is 1.11 bits per heavy atom. The average Bonchev–Trinajstić information content (AvgIpc) is 3.11. The van der Waals surface area contributed by atoms with Crippen LogP contribution in [0.15, 0.2) is 115 Å². The van der Waals surface area contributed by atoms with E-state index in [-0.39, 0.29) is 0 Å². The summed E-state index contributed by atoms with van der Waals surface area (Å²) < 4.78 is 0. The minimum atomic E-state index is 0.652. The summed E-state index contributed by atoms with van der Waals surface area (Å²) in [6, 6.07) is 33.7. The Kier molecular flexibility index (Phi) is 6.95. The lowest BCUT2D eigenvalue weighted by Gasteiger charge is -2.24. The van der Waals surface area contributed by atoms with Crippen molar-refractivity contribution in [3.05, 3.63) is 143 Å². The summed E-state index contributed by atoms with van der Waals surface area (Å²) in [5.41, 5.74) is 14.2. The van der Waals surface area contributed by atoms with Gasteiger partial charge in [-0.1, -0.05) is 85.0 Å². The summed E-state index contributed by atoms with van der Waals surface area (Å²) >= 11 is 0. The number of aromatic nitrogens is 4. The fourth-order valence-corrected chi connectivity index (χ4v) is 6.59. The number of nitrogens with zero attached hydrogens (tertiary/aromatic N) is 4. The van der Waals surface area contributed by atoms with Crippen LogP contribution in [0.4, 0.5) is 0 Å². The quantitative estimate of drug-likeness (QED) is 0.204. The molecule has 0 aliphatic heterocycles. The maximum atomic E-state index is 5.08. The van der Waals surface area contributed by atoms with Gasteiger partial charge in [0.1, 0.15) is 0 Å². The molecule has 2 aromatic heterocycles. The van der Waals surface area contributed by atoms with Crippen molar-refractivity contribution in [3.8, 4) is 56.4 Å². The SMILES string of the molecule is Cc1cc(-c2cc(-c3nc(-c4ccccc4)nc(-c4ccccc4)n3)cc(-c3cc4c(c5c3C=CCC5)CCC=C4)c2)ccn1. The van der Waals surface area contributed by atoms with Crippen LogP contribution in [0.25, 0.3) is 68.6 Å². The van der Waals surface area contributed by atoms with Crippen molar-refractivity contribution in [1.29, 1.82) is 0 Å². The van der Waals surface area contributed by atoms with Gasteiger partial charge in [-0.25, -0.2) is 15.0 Å². The third kappa shape index (κ3) is 5.29. The molecule has 8 rings (SSSR count). The van der Waals surface area contributed by atoms with Gasteiger partial charge in [-0.05, 0) is 114 Å². The van der Waals surface area contributed by atoms with Gasteiger partial charge in [0.05, 0.1) is 0 Å². The number of hydrogen-bond acceptors (Lipinski definition) is 4. The third-order valence-electron chi connectivity index (χ3n) is 8.76. The Morgan fingerprint density at radius 1 is 0.511 bits per heavy atom. The first-order chi connectivity index (χ1) is 22.2. The van der Waals surface area contributed by atoms with Crippen LogP contribution in [0.1, 0.15) is 40.8 Å². The summed E-state index contributed by atoms with van der Waals surface area (Å²) in [6.07, 6.45) is 15.5. The van der Waals surface area contributed by atoms with Crippen molar-refractivity contribution in [1.82, 2.24) is 19.9 Å². The highest BCUT2D eigenvalue weighted by molar-refractivity contribution is 5.87. The standard InChI is InChI=1S/C41H32N4/c1-27-22-30(20-21-42-27)32-23-33(38-26-31-16-8-9-17-35(31)36-18-10-11-19-37(36)38)25-34(24-32)41-44-39(28-12-4-2-5-13-28)43-40(45-41)29-14-6-3-7-15-29/h2-8,11-16,19-26H,9-10,17-18H2,1H3. The van der Waals surface area contributed by atoms with E-state index in [2.05, 4.69) is 90.0 Å². The van der Waals surface area contributed by atoms with E-state index in [1.54, 1.807) is 0 Å². The molecule has 4 nitrogen and oxygen atoms in total. The number of pyridine rings is 1. The average molecular weight is 581 g/mol. The maximum Gasteiger partial charge on any atom is 0.164 e. The van der Waals surface area contributed by atoms with Gasteiger partial charge in [-0.2, -0.15) is 0 Å². The highest BCUT2D eigenvalue weighted by Gasteiger charge is 2.21. The predicted octanol–water partition coefficient (Wildman–Crippen LogP) is 9.83. The Labute approximate surface area is 263 Å². The van der Waals surface area contributed by atoms with Crippen LogP contribution < -0.4 is 0 Å². The Balaban J connectivity index is 1.38. The van der Waals surface area contributed by atoms with Gasteiger partial charge in [0.25, 0.3) is 0 Å². The maximum absolute atomic E-state index is 5.08. The van der Waals surface area contributed by atoms with E-state index >= 15 is 0 Å². The fourth-order valence-electron chi connectivity index (χ4n) is 6.59. The molecule has 6 aromatic rings. The van der Waals surface area contributed by atoms with Gasteiger partial charge in [0.15, 0.2) is 17.5 Å². The smallest absolute Gasteiger partial charge is 0.164 e. The zero-order valence-electron chi connectivity index (χ0n) is 25.2. The van der Waals surface area contributed by atoms with Gasteiger partial charge in [-0.3, -0.25) is 4.98 Å². The fraction of sp³-hybridized carbons (Fsp3) is 0.122. The lowest BCUT2D eigenvalue weighted by Crippen LogP contribution is -2.07. The van der Waals surface area contributed by atoms with Crippen LogP contribution in [-0.4, -0.2) is 19.9 Å². The van der Waals surface area contributed by atoms with Crippen molar-refractivity contribution in [2.45, 2.75) is 32.6 Å². The molecule has 0 saturated carbocycles. The topological polar surface area (TPSA) is 51.6 Å². The van der Waals surface area contributed by atoms with Gasteiger partial charge in [-0.15, -0.1) is 0 Å². The molecule has 0 radical (unpaired) electrons. The van der Waals surface area contributed by atoms with Crippen molar-refractivity contribution in [2.75, 3.05) is 0 Å². The Hall–Kier alpha value is -5.48. The van der Waals surface area contributed by atoms with E-state index < -0.39 is 0 Å². The van der Waals surface area contributed by atoms with E-state index in [1.807, 2.05) is 49.5 Å². The number of allylic oxidation sites excluding steroid dienone is 2. The van der Waals surface area contributed by atoms with Crippen LogP contribution in [0, 0.1) is 6.92 Å². The zero-order valence-corrected chi connectivity index (χ0v) is 25.2. The lowest BCUT2D eigenvalue weighted by atomic mass is 9.80. The normalized spacial score (nSPS) is 13.4. The second kappa shape index (κ2) is 11.5. The molecule has 0 fully saturated rings. The van der Waals surface area contributed by atoms with E-state index in [1.165, 1.54) is 27.8 Å². The second-order valence-electron chi connectivity index (χ2n) is 11.8. The van der Waals surface area contributed by atoms with Crippen LogP contribution in [0.2, 0.25) is 0 Å². The number of aryl methyl sites for hydroxylation is 1. The number of benzene rings is 4. The van der Waals surface area contributed by atoms with Crippen molar-refractivity contribution in [3.63, 3.8) is 0 Å². The zero-order chi connectivity index (χ0) is 30.2. The van der Waals surface area contributed by atoms with Gasteiger partial charge in [0.2, 0.25) is 0 Å². The molecule has 2 aliphatic carbocycles. The van der Waals surface area contributed by atoms with E-state index in [4.69, 9.17) is 15.0 Å². The molecule has 0 spiro atoms. The van der Waals surface area contributed by atoms with E-state index in [0.29, 0.717) is 17.5 Å². The Morgan fingerprint density at radius 3 is 1.80 bits per heavy atom. The molecule has 0 unspecified atom stereocenters. The lowest BCUT2D eigenvalue weighted by molar-refractivity contribution is 0.906. The molecule has 0 amide bonds. The monoisotopic (exact) mass is 580 g/mol. The Bertz CT molecular complexity index is 2050. The summed E-state index contributed by atoms with van der Waals surface area (Å²) in [4.78, 5) is 19.6. The molecule has 2 aliphatic rings. The number of hydrogen-bond donors (Lipinski definition) is 0. The summed E-state index contributed by atoms with van der Waals surface area (Å²) in [6.45, 7) is 2.04. The number of fused-ring (bicyclic) bond motifs is 3. The summed E-state index contributed by atoms with van der Waals surface area (Å²) in [5.74, 6) is 1.97. The highest BCUT2D eigenvalue weighted by Crippen LogP contribution is 2.40. The minimum absolute atomic E-state index is 0.652. The molecular weight excluding hydrogens is 548 g/mol. The molecule has 4 aromatic carbocycles. The molecule has 45 heavy (non-hydrogen) atoms. The van der Waals surface area contributed by atoms with Gasteiger partial charge in [0, 0.05) is 28.6 Å². The van der Waals surface area contributed by atoms with Crippen LogP contribution in [0.5, 0.6) is 0 Å². The van der Waals surface area contributed by atoms with Gasteiger partial charge < -0.3 is 0 Å². The molecule has 2 heterocycles. The first kappa shape index (κ1) is 27.1. The summed E-state index contributed by atoms with van der Waals surface area (Å²) in [5, 5.41) is 0. The molecule has 0 bridgehead atoms. The van der Waals surface area contributed by atoms with Crippen LogP contribution in [-0.2, 0) is 12.8 Å². The minimum Gasteiger partial charge on any atom is -0.262 e. The molecule has 0 atom stereocenters. The second-order valence-corrected chi connectivity index (χ2v) is 11.8. The predicted molar refractivity (Wildman–Crippen MR) is 184 cm³/mol. The van der Waals surface area contributed by atoms with Gasteiger partial charge >= 0.3 is 0 Å². The summed E-state index contributed by atoms with van der Waals surface area (Å²) in [7, 11) is 0. The van der Waals surface area contributed by atoms with Crippen LogP contribution in [0.3, 0.4) is 0 Å². The highest BCUT2D eigenvalue weighted by atomic mass is 15.0. The molecule has 4 heteroatoms. The molecular formula is C41H32N4. The largest absolute Gasteiger partial charge is 0.262 e. The van der Waals surface area contributed by atoms with Crippen molar-refractivity contribution >= 4 is 12.2 Å². The van der Waals surface area contributed by atoms with Crippen molar-refractivity contribution in [2.24, 2.45) is 0 Å². The van der Waals surface area contributed by atoms with Crippen LogP contribution >= 0.6 is 0 Å². The molecule has 216 valence electrons. The number of rotatable bonds is 5.